The van der Waals surface area contributed by atoms with Gasteiger partial charge in [-0.25, -0.2) is 8.78 Å². The van der Waals surface area contributed by atoms with Crippen molar-refractivity contribution in [2.24, 2.45) is 5.92 Å². The molecule has 0 spiro atoms. The van der Waals surface area contributed by atoms with E-state index in [4.69, 9.17) is 5.26 Å². The number of nitrogens with one attached hydrogen (secondary N) is 1. The van der Waals surface area contributed by atoms with E-state index in [0.717, 1.165) is 25.0 Å². The van der Waals surface area contributed by atoms with Gasteiger partial charge in [0.05, 0.1) is 17.2 Å². The van der Waals surface area contributed by atoms with Gasteiger partial charge in [-0.05, 0) is 30.9 Å². The second-order valence-electron chi connectivity index (χ2n) is 6.06. The summed E-state index contributed by atoms with van der Waals surface area (Å²) in [6.45, 7) is 2.42. The van der Waals surface area contributed by atoms with Gasteiger partial charge in [0.2, 0.25) is 0 Å². The Morgan fingerprint density at radius 1 is 1.43 bits per heavy atom. The first kappa shape index (κ1) is 15.9. The maximum Gasteiger partial charge on any atom is 0.131 e. The summed E-state index contributed by atoms with van der Waals surface area (Å²) >= 11 is 0. The predicted octanol–water partition coefficient (Wildman–Crippen LogP) is 2.87. The Hall–Kier alpha value is -1.51. The van der Waals surface area contributed by atoms with E-state index in [-0.39, 0.29) is 17.7 Å². The highest BCUT2D eigenvalue weighted by molar-refractivity contribution is 5.34. The normalized spacial score (nSPS) is 25.6. The van der Waals surface area contributed by atoms with Gasteiger partial charge in [0.25, 0.3) is 0 Å². The maximum absolute atomic E-state index is 13.7. The Morgan fingerprint density at radius 2 is 2.10 bits per heavy atom. The molecule has 2 atom stereocenters. The van der Waals surface area contributed by atoms with Gasteiger partial charge in [0, 0.05) is 18.7 Å². The van der Waals surface area contributed by atoms with Crippen molar-refractivity contribution in [3.63, 3.8) is 0 Å². The van der Waals surface area contributed by atoms with Crippen LogP contribution in [0.15, 0.2) is 12.1 Å². The average molecular weight is 294 g/mol. The van der Waals surface area contributed by atoms with Crippen molar-refractivity contribution >= 4 is 0 Å². The molecule has 0 aliphatic heterocycles. The first-order valence-corrected chi connectivity index (χ1v) is 7.25. The number of rotatable bonds is 4. The molecular formula is C16H20F2N2O. The van der Waals surface area contributed by atoms with Gasteiger partial charge < -0.3 is 10.4 Å². The highest BCUT2D eigenvalue weighted by Gasteiger charge is 2.32. The highest BCUT2D eigenvalue weighted by Crippen LogP contribution is 2.31. The van der Waals surface area contributed by atoms with Crippen LogP contribution in [0.5, 0.6) is 0 Å². The maximum atomic E-state index is 13.7. The summed E-state index contributed by atoms with van der Waals surface area (Å²) in [5.41, 5.74) is -0.924. The molecule has 1 aromatic carbocycles. The highest BCUT2D eigenvalue weighted by atomic mass is 19.1. The molecular weight excluding hydrogens is 274 g/mol. The summed E-state index contributed by atoms with van der Waals surface area (Å²) in [5, 5.41) is 22.0. The van der Waals surface area contributed by atoms with E-state index < -0.39 is 17.2 Å². The molecule has 0 radical (unpaired) electrons. The van der Waals surface area contributed by atoms with Crippen LogP contribution in [0.3, 0.4) is 0 Å². The second kappa shape index (κ2) is 6.50. The molecule has 2 N–H and O–H groups in total. The predicted molar refractivity (Wildman–Crippen MR) is 75.4 cm³/mol. The van der Waals surface area contributed by atoms with E-state index in [1.165, 1.54) is 0 Å². The van der Waals surface area contributed by atoms with E-state index in [2.05, 4.69) is 12.2 Å². The van der Waals surface area contributed by atoms with Crippen LogP contribution >= 0.6 is 0 Å². The minimum Gasteiger partial charge on any atom is -0.389 e. The summed E-state index contributed by atoms with van der Waals surface area (Å²) in [6.07, 6.45) is 3.50. The zero-order valence-electron chi connectivity index (χ0n) is 12.1. The number of benzene rings is 1. The van der Waals surface area contributed by atoms with E-state index in [1.807, 2.05) is 0 Å². The lowest BCUT2D eigenvalue weighted by Crippen LogP contribution is -2.44. The molecule has 1 saturated carbocycles. The quantitative estimate of drug-likeness (QED) is 0.898. The largest absolute Gasteiger partial charge is 0.389 e. The van der Waals surface area contributed by atoms with Crippen LogP contribution in [0, 0.1) is 28.9 Å². The van der Waals surface area contributed by atoms with Gasteiger partial charge >= 0.3 is 0 Å². The van der Waals surface area contributed by atoms with E-state index >= 15 is 0 Å². The Labute approximate surface area is 123 Å². The molecule has 21 heavy (non-hydrogen) atoms. The fraction of sp³-hybridized carbons (Fsp3) is 0.562. The lowest BCUT2D eigenvalue weighted by Gasteiger charge is -2.35. The van der Waals surface area contributed by atoms with Crippen LogP contribution in [0.2, 0.25) is 0 Å². The zero-order chi connectivity index (χ0) is 15.5. The molecule has 0 amide bonds. The van der Waals surface area contributed by atoms with Gasteiger partial charge in [-0.15, -0.1) is 0 Å². The molecule has 0 heterocycles. The summed E-state index contributed by atoms with van der Waals surface area (Å²) < 4.78 is 27.5. The summed E-state index contributed by atoms with van der Waals surface area (Å²) in [6, 6.07) is 3.76. The number of hydrogen-bond acceptors (Lipinski definition) is 3. The molecule has 1 aliphatic carbocycles. The van der Waals surface area contributed by atoms with Gasteiger partial charge in [0.15, 0.2) is 0 Å². The van der Waals surface area contributed by atoms with Crippen LogP contribution in [-0.2, 0) is 6.54 Å². The molecule has 0 saturated heterocycles. The Bertz CT molecular complexity index is 533. The first-order valence-electron chi connectivity index (χ1n) is 7.25. The van der Waals surface area contributed by atoms with Crippen LogP contribution in [0.1, 0.15) is 43.7 Å². The standard InChI is InChI=1S/C16H20F2N2O/c1-11-3-2-4-16(21,7-11)10-20-9-13-14(17)5-12(8-19)6-15(13)18/h5-6,11,20-21H,2-4,7,9-10H2,1H3. The third-order valence-corrected chi connectivity index (χ3v) is 4.09. The summed E-state index contributed by atoms with van der Waals surface area (Å²) in [5.74, 6) is -1.000. The van der Waals surface area contributed by atoms with Crippen molar-refractivity contribution in [1.82, 2.24) is 5.32 Å². The number of aliphatic hydroxyl groups is 1. The Morgan fingerprint density at radius 3 is 2.67 bits per heavy atom. The minimum absolute atomic E-state index is 0.0000657. The van der Waals surface area contributed by atoms with Crippen LogP contribution in [0.4, 0.5) is 8.78 Å². The fourth-order valence-electron chi connectivity index (χ4n) is 3.05. The third kappa shape index (κ3) is 3.99. The van der Waals surface area contributed by atoms with Gasteiger partial charge in [-0.2, -0.15) is 5.26 Å². The SMILES string of the molecule is CC1CCCC(O)(CNCc2c(F)cc(C#N)cc2F)C1. The molecule has 1 fully saturated rings. The molecule has 1 aliphatic rings. The third-order valence-electron chi connectivity index (χ3n) is 4.09. The molecule has 0 bridgehead atoms. The van der Waals surface area contributed by atoms with Crippen molar-refractivity contribution in [3.05, 3.63) is 34.9 Å². The monoisotopic (exact) mass is 294 g/mol. The molecule has 0 aromatic heterocycles. The molecule has 114 valence electrons. The first-order chi connectivity index (χ1) is 9.93. The van der Waals surface area contributed by atoms with Gasteiger partial charge in [-0.3, -0.25) is 0 Å². The van der Waals surface area contributed by atoms with Crippen molar-refractivity contribution in [2.75, 3.05) is 6.54 Å². The minimum atomic E-state index is -0.794. The number of halogens is 2. The lowest BCUT2D eigenvalue weighted by atomic mass is 9.79. The van der Waals surface area contributed by atoms with Gasteiger partial charge in [0.1, 0.15) is 11.6 Å². The summed E-state index contributed by atoms with van der Waals surface area (Å²) in [4.78, 5) is 0. The van der Waals surface area contributed by atoms with Crippen LogP contribution in [0.25, 0.3) is 0 Å². The summed E-state index contributed by atoms with van der Waals surface area (Å²) in [7, 11) is 0. The number of nitrogens with zero attached hydrogens (tertiary/aromatic N) is 1. The van der Waals surface area contributed by atoms with E-state index in [1.54, 1.807) is 6.07 Å². The number of hydrogen-bond donors (Lipinski definition) is 2. The van der Waals surface area contributed by atoms with Crippen molar-refractivity contribution in [3.8, 4) is 6.07 Å². The lowest BCUT2D eigenvalue weighted by molar-refractivity contribution is -0.0120. The molecule has 3 nitrogen and oxygen atoms in total. The smallest absolute Gasteiger partial charge is 0.131 e. The molecule has 2 rings (SSSR count). The van der Waals surface area contributed by atoms with E-state index in [9.17, 15) is 13.9 Å². The zero-order valence-corrected chi connectivity index (χ0v) is 12.1. The van der Waals surface area contributed by atoms with Crippen molar-refractivity contribution in [1.29, 1.82) is 5.26 Å². The topological polar surface area (TPSA) is 56.0 Å². The fourth-order valence-corrected chi connectivity index (χ4v) is 3.05. The molecule has 1 aromatic rings. The number of nitriles is 1. The van der Waals surface area contributed by atoms with Crippen LogP contribution in [-0.4, -0.2) is 17.3 Å². The molecule has 2 unspecified atom stereocenters. The van der Waals surface area contributed by atoms with Crippen molar-refractivity contribution in [2.45, 2.75) is 44.8 Å². The molecule has 5 heteroatoms. The van der Waals surface area contributed by atoms with Gasteiger partial charge in [-0.1, -0.05) is 19.8 Å². The Kier molecular flexibility index (Phi) is 4.92. The van der Waals surface area contributed by atoms with Crippen LogP contribution < -0.4 is 5.32 Å². The Balaban J connectivity index is 1.96. The van der Waals surface area contributed by atoms with Crippen molar-refractivity contribution < 1.29 is 13.9 Å². The van der Waals surface area contributed by atoms with E-state index in [0.29, 0.717) is 25.3 Å². The average Bonchev–Trinajstić information content (AvgIpc) is 2.41. The second-order valence-corrected chi connectivity index (χ2v) is 6.06.